The van der Waals surface area contributed by atoms with E-state index >= 15 is 0 Å². The summed E-state index contributed by atoms with van der Waals surface area (Å²) >= 11 is 1.33. The van der Waals surface area contributed by atoms with Crippen LogP contribution >= 0.6 is 11.3 Å². The number of amides is 2. The van der Waals surface area contributed by atoms with E-state index in [9.17, 15) is 9.59 Å². The zero-order valence-electron chi connectivity index (χ0n) is 12.1. The molecule has 0 saturated carbocycles. The van der Waals surface area contributed by atoms with E-state index in [2.05, 4.69) is 0 Å². The van der Waals surface area contributed by atoms with Gasteiger partial charge >= 0.3 is 0 Å². The fourth-order valence-corrected chi connectivity index (χ4v) is 2.98. The van der Waals surface area contributed by atoms with E-state index in [0.29, 0.717) is 23.5 Å². The van der Waals surface area contributed by atoms with E-state index in [1.54, 1.807) is 11.0 Å². The average molecular weight is 302 g/mol. The van der Waals surface area contributed by atoms with Gasteiger partial charge < -0.3 is 10.6 Å². The number of thiophene rings is 1. The van der Waals surface area contributed by atoms with E-state index in [1.165, 1.54) is 11.3 Å². The molecule has 0 radical (unpaired) electrons. The Morgan fingerprint density at radius 1 is 1.14 bits per heavy atom. The zero-order chi connectivity index (χ0) is 15.4. The Labute approximate surface area is 128 Å². The van der Waals surface area contributed by atoms with Gasteiger partial charge in [-0.25, -0.2) is 0 Å². The second-order valence-corrected chi connectivity index (χ2v) is 5.67. The van der Waals surface area contributed by atoms with Crippen LogP contribution in [0.2, 0.25) is 0 Å². The van der Waals surface area contributed by atoms with Gasteiger partial charge in [0.05, 0.1) is 4.88 Å². The maximum atomic E-state index is 12.4. The van der Waals surface area contributed by atoms with Crippen LogP contribution in [0.5, 0.6) is 0 Å². The summed E-state index contributed by atoms with van der Waals surface area (Å²) in [5, 5.41) is 0. The number of rotatable bonds is 5. The smallest absolute Gasteiger partial charge is 0.258 e. The molecule has 0 fully saturated rings. The lowest BCUT2D eigenvalue weighted by atomic mass is 10.1. The van der Waals surface area contributed by atoms with Gasteiger partial charge in [-0.3, -0.25) is 9.59 Å². The molecule has 0 saturated heterocycles. The van der Waals surface area contributed by atoms with Crippen molar-refractivity contribution in [3.63, 3.8) is 0 Å². The van der Waals surface area contributed by atoms with Crippen molar-refractivity contribution in [1.82, 2.24) is 4.90 Å². The van der Waals surface area contributed by atoms with Crippen LogP contribution in [0.3, 0.4) is 0 Å². The molecule has 0 aliphatic heterocycles. The largest absolute Gasteiger partial charge is 0.365 e. The van der Waals surface area contributed by atoms with Crippen molar-refractivity contribution in [3.05, 3.63) is 46.8 Å². The van der Waals surface area contributed by atoms with Crippen LogP contribution in [0, 0.1) is 0 Å². The van der Waals surface area contributed by atoms with E-state index < -0.39 is 5.91 Å². The second-order valence-electron chi connectivity index (χ2n) is 4.59. The van der Waals surface area contributed by atoms with Crippen molar-refractivity contribution < 1.29 is 9.59 Å². The van der Waals surface area contributed by atoms with Crippen molar-refractivity contribution in [3.8, 4) is 10.4 Å². The van der Waals surface area contributed by atoms with Crippen LogP contribution in [-0.2, 0) is 0 Å². The molecule has 110 valence electrons. The third kappa shape index (κ3) is 3.31. The first-order valence-corrected chi connectivity index (χ1v) is 7.67. The minimum absolute atomic E-state index is 0.0218. The third-order valence-electron chi connectivity index (χ3n) is 3.29. The number of primary amides is 1. The quantitative estimate of drug-likeness (QED) is 0.922. The Hall–Kier alpha value is -2.14. The van der Waals surface area contributed by atoms with Gasteiger partial charge in [0.25, 0.3) is 11.8 Å². The van der Waals surface area contributed by atoms with Gasteiger partial charge in [0.2, 0.25) is 0 Å². The van der Waals surface area contributed by atoms with Crippen molar-refractivity contribution in [2.24, 2.45) is 5.73 Å². The standard InChI is InChI=1S/C16H18N2O2S/c1-3-18(4-2)16(20)12-7-5-6-11(10-12)13-8-9-14(21-13)15(17)19/h5-10H,3-4H2,1-2H3,(H2,17,19). The monoisotopic (exact) mass is 302 g/mol. The topological polar surface area (TPSA) is 63.4 Å². The Bertz CT molecular complexity index is 660. The van der Waals surface area contributed by atoms with E-state index in [-0.39, 0.29) is 5.91 Å². The third-order valence-corrected chi connectivity index (χ3v) is 4.44. The van der Waals surface area contributed by atoms with Gasteiger partial charge in [0.15, 0.2) is 0 Å². The van der Waals surface area contributed by atoms with Gasteiger partial charge in [-0.1, -0.05) is 12.1 Å². The number of benzene rings is 1. The molecule has 2 N–H and O–H groups in total. The lowest BCUT2D eigenvalue weighted by Crippen LogP contribution is -2.30. The number of carbonyl (C=O) groups excluding carboxylic acids is 2. The van der Waals surface area contributed by atoms with Crippen molar-refractivity contribution in [2.45, 2.75) is 13.8 Å². The molecule has 1 heterocycles. The lowest BCUT2D eigenvalue weighted by Gasteiger charge is -2.18. The fraction of sp³-hybridized carbons (Fsp3) is 0.250. The number of nitrogens with zero attached hydrogens (tertiary/aromatic N) is 1. The molecule has 0 spiro atoms. The summed E-state index contributed by atoms with van der Waals surface area (Å²) in [5.74, 6) is -0.407. The Kier molecular flexibility index (Phi) is 4.75. The fourth-order valence-electron chi connectivity index (χ4n) is 2.12. The summed E-state index contributed by atoms with van der Waals surface area (Å²) in [5.41, 5.74) is 6.85. The number of hydrogen-bond donors (Lipinski definition) is 1. The van der Waals surface area contributed by atoms with Crippen LogP contribution in [0.1, 0.15) is 33.9 Å². The maximum Gasteiger partial charge on any atom is 0.258 e. The van der Waals surface area contributed by atoms with Gasteiger partial charge in [0, 0.05) is 23.5 Å². The zero-order valence-corrected chi connectivity index (χ0v) is 12.9. The van der Waals surface area contributed by atoms with Gasteiger partial charge in [0.1, 0.15) is 0 Å². The summed E-state index contributed by atoms with van der Waals surface area (Å²) in [4.78, 5) is 26.7. The number of nitrogens with two attached hydrogens (primary N) is 1. The molecule has 0 aliphatic carbocycles. The first kappa shape index (κ1) is 15.3. The first-order valence-electron chi connectivity index (χ1n) is 6.86. The normalized spacial score (nSPS) is 10.4. The maximum absolute atomic E-state index is 12.4. The van der Waals surface area contributed by atoms with Crippen molar-refractivity contribution >= 4 is 23.2 Å². The summed E-state index contributed by atoms with van der Waals surface area (Å²) in [6, 6.07) is 11.0. The minimum atomic E-state index is -0.429. The van der Waals surface area contributed by atoms with Crippen molar-refractivity contribution in [1.29, 1.82) is 0 Å². The summed E-state index contributed by atoms with van der Waals surface area (Å²) < 4.78 is 0. The molecule has 2 rings (SSSR count). The predicted octanol–water partition coefficient (Wildman–Crippen LogP) is 3.00. The number of hydrogen-bond acceptors (Lipinski definition) is 3. The van der Waals surface area contributed by atoms with Gasteiger partial charge in [-0.05, 0) is 43.7 Å². The molecule has 1 aromatic heterocycles. The van der Waals surface area contributed by atoms with Crippen LogP contribution in [0.25, 0.3) is 10.4 Å². The van der Waals surface area contributed by atoms with Crippen LogP contribution in [-0.4, -0.2) is 29.8 Å². The molecular formula is C16H18N2O2S. The molecule has 1 aromatic carbocycles. The van der Waals surface area contributed by atoms with Gasteiger partial charge in [-0.15, -0.1) is 11.3 Å². The van der Waals surface area contributed by atoms with Crippen molar-refractivity contribution in [2.75, 3.05) is 13.1 Å². The molecule has 4 nitrogen and oxygen atoms in total. The summed E-state index contributed by atoms with van der Waals surface area (Å²) in [6.07, 6.45) is 0. The highest BCUT2D eigenvalue weighted by atomic mass is 32.1. The number of carbonyl (C=O) groups is 2. The Morgan fingerprint density at radius 3 is 2.43 bits per heavy atom. The summed E-state index contributed by atoms with van der Waals surface area (Å²) in [6.45, 7) is 5.29. The van der Waals surface area contributed by atoms with Crippen LogP contribution < -0.4 is 5.73 Å². The van der Waals surface area contributed by atoms with Gasteiger partial charge in [-0.2, -0.15) is 0 Å². The molecule has 0 bridgehead atoms. The molecular weight excluding hydrogens is 284 g/mol. The highest BCUT2D eigenvalue weighted by Gasteiger charge is 2.14. The average Bonchev–Trinajstić information content (AvgIpc) is 2.98. The van der Waals surface area contributed by atoms with Crippen LogP contribution in [0.15, 0.2) is 36.4 Å². The minimum Gasteiger partial charge on any atom is -0.365 e. The van der Waals surface area contributed by atoms with E-state index in [0.717, 1.165) is 10.4 Å². The molecule has 0 atom stereocenters. The molecule has 2 aromatic rings. The highest BCUT2D eigenvalue weighted by molar-refractivity contribution is 7.17. The molecule has 0 aliphatic rings. The predicted molar refractivity (Wildman–Crippen MR) is 85.5 cm³/mol. The highest BCUT2D eigenvalue weighted by Crippen LogP contribution is 2.28. The SMILES string of the molecule is CCN(CC)C(=O)c1cccc(-c2ccc(C(N)=O)s2)c1. The van der Waals surface area contributed by atoms with E-state index in [4.69, 9.17) is 5.73 Å². The molecule has 2 amide bonds. The van der Waals surface area contributed by atoms with Crippen LogP contribution in [0.4, 0.5) is 0 Å². The lowest BCUT2D eigenvalue weighted by molar-refractivity contribution is 0.0773. The Balaban J connectivity index is 2.32. The molecule has 5 heteroatoms. The second kappa shape index (κ2) is 6.54. The molecule has 21 heavy (non-hydrogen) atoms. The molecule has 0 unspecified atom stereocenters. The summed E-state index contributed by atoms with van der Waals surface area (Å²) in [7, 11) is 0. The Morgan fingerprint density at radius 2 is 1.86 bits per heavy atom. The first-order chi connectivity index (χ1) is 10.1. The van der Waals surface area contributed by atoms with E-state index in [1.807, 2.05) is 44.2 Å².